The molecule has 0 spiro atoms. The van der Waals surface area contributed by atoms with Crippen LogP contribution in [-0.2, 0) is 20.0 Å². The number of hydrogen-bond donors (Lipinski definition) is 1. The molecule has 8 nitrogen and oxygen atoms in total. The van der Waals surface area contributed by atoms with E-state index in [0.29, 0.717) is 18.7 Å². The molecular weight excluding hydrogens is 390 g/mol. The van der Waals surface area contributed by atoms with E-state index < -0.39 is 26.1 Å². The van der Waals surface area contributed by atoms with Gasteiger partial charge in [0, 0.05) is 19.1 Å². The highest BCUT2D eigenvalue weighted by Crippen LogP contribution is 2.23. The quantitative estimate of drug-likeness (QED) is 0.709. The van der Waals surface area contributed by atoms with E-state index >= 15 is 0 Å². The summed E-state index contributed by atoms with van der Waals surface area (Å²) in [6.45, 7) is 9.10. The number of hydrogen-bond acceptors (Lipinski definition) is 6. The van der Waals surface area contributed by atoms with Crippen molar-refractivity contribution in [3.05, 3.63) is 41.3 Å². The zero-order valence-electron chi connectivity index (χ0n) is 16.1. The van der Waals surface area contributed by atoms with Crippen molar-refractivity contribution in [3.8, 4) is 0 Å². The van der Waals surface area contributed by atoms with Gasteiger partial charge in [0.1, 0.15) is 10.6 Å². The second-order valence-electron chi connectivity index (χ2n) is 6.15. The largest absolute Gasteiger partial charge is 0.360 e. The molecule has 27 heavy (non-hydrogen) atoms. The molecule has 0 aliphatic rings. The Balaban J connectivity index is 2.25. The van der Waals surface area contributed by atoms with Crippen LogP contribution in [0.5, 0.6) is 0 Å². The Bertz CT molecular complexity index is 972. The second kappa shape index (κ2) is 8.09. The summed E-state index contributed by atoms with van der Waals surface area (Å²) in [5.41, 5.74) is 0.927. The van der Waals surface area contributed by atoms with Gasteiger partial charge in [-0.1, -0.05) is 31.1 Å². The SMILES string of the molecule is CCN(CC)S(=O)(=O)c1ccc([C@H](C)NS(=O)(=O)c2c(C)noc2C)cc1. The number of nitrogens with one attached hydrogen (secondary N) is 1. The minimum atomic E-state index is -3.82. The molecule has 150 valence electrons. The standard InChI is InChI=1S/C17H25N3O5S2/c1-6-20(7-2)27(23,24)16-10-8-15(9-11-16)12(3)19-26(21,22)17-13(4)18-25-14(17)5/h8-12,19H,6-7H2,1-5H3/t12-/m0/s1. The van der Waals surface area contributed by atoms with Gasteiger partial charge in [0.15, 0.2) is 5.76 Å². The van der Waals surface area contributed by atoms with Gasteiger partial charge in [-0.25, -0.2) is 21.6 Å². The van der Waals surface area contributed by atoms with E-state index in [4.69, 9.17) is 4.52 Å². The van der Waals surface area contributed by atoms with Gasteiger partial charge in [-0.3, -0.25) is 0 Å². The molecule has 0 aliphatic heterocycles. The van der Waals surface area contributed by atoms with Gasteiger partial charge in [0.05, 0.1) is 4.90 Å². The fraction of sp³-hybridized carbons (Fsp3) is 0.471. The highest BCUT2D eigenvalue weighted by Gasteiger charge is 2.27. The van der Waals surface area contributed by atoms with E-state index in [1.54, 1.807) is 39.8 Å². The molecule has 0 saturated heterocycles. The van der Waals surface area contributed by atoms with E-state index in [-0.39, 0.29) is 21.2 Å². The minimum absolute atomic E-state index is 0.0232. The van der Waals surface area contributed by atoms with Crippen LogP contribution in [0.2, 0.25) is 0 Å². The third-order valence-electron chi connectivity index (χ3n) is 4.29. The number of nitrogens with zero attached hydrogens (tertiary/aromatic N) is 2. The van der Waals surface area contributed by atoms with Crippen LogP contribution in [0.3, 0.4) is 0 Å². The lowest BCUT2D eigenvalue weighted by molar-refractivity contribution is 0.390. The van der Waals surface area contributed by atoms with Crippen molar-refractivity contribution in [1.29, 1.82) is 0 Å². The summed E-state index contributed by atoms with van der Waals surface area (Å²) < 4.78 is 59.1. The van der Waals surface area contributed by atoms with Crippen LogP contribution in [0.25, 0.3) is 0 Å². The summed E-state index contributed by atoms with van der Waals surface area (Å²) in [5.74, 6) is 0.216. The third-order valence-corrected chi connectivity index (χ3v) is 8.14. The van der Waals surface area contributed by atoms with Gasteiger partial charge in [-0.15, -0.1) is 0 Å². The Morgan fingerprint density at radius 3 is 2.07 bits per heavy atom. The van der Waals surface area contributed by atoms with Crippen LogP contribution in [0.1, 0.15) is 43.8 Å². The van der Waals surface area contributed by atoms with Crippen LogP contribution in [0.15, 0.2) is 38.6 Å². The van der Waals surface area contributed by atoms with Gasteiger partial charge >= 0.3 is 0 Å². The van der Waals surface area contributed by atoms with Crippen molar-refractivity contribution in [2.24, 2.45) is 0 Å². The third kappa shape index (κ3) is 4.40. The van der Waals surface area contributed by atoms with Crippen LogP contribution in [0, 0.1) is 13.8 Å². The predicted octanol–water partition coefficient (Wildman–Crippen LogP) is 2.36. The molecule has 10 heteroatoms. The fourth-order valence-electron chi connectivity index (χ4n) is 2.86. The molecular formula is C17H25N3O5S2. The van der Waals surface area contributed by atoms with Crippen molar-refractivity contribution in [3.63, 3.8) is 0 Å². The monoisotopic (exact) mass is 415 g/mol. The van der Waals surface area contributed by atoms with Gasteiger partial charge in [0.25, 0.3) is 0 Å². The highest BCUT2D eigenvalue weighted by atomic mass is 32.2. The van der Waals surface area contributed by atoms with Gasteiger partial charge in [-0.05, 0) is 38.5 Å². The van der Waals surface area contributed by atoms with E-state index in [1.807, 2.05) is 0 Å². The van der Waals surface area contributed by atoms with Gasteiger partial charge in [0.2, 0.25) is 20.0 Å². The summed E-state index contributed by atoms with van der Waals surface area (Å²) in [7, 11) is -7.37. The van der Waals surface area contributed by atoms with Crippen LogP contribution < -0.4 is 4.72 Å². The molecule has 0 aliphatic carbocycles. The average molecular weight is 416 g/mol. The molecule has 0 bridgehead atoms. The maximum Gasteiger partial charge on any atom is 0.246 e. The lowest BCUT2D eigenvalue weighted by Gasteiger charge is -2.19. The number of benzene rings is 1. The van der Waals surface area contributed by atoms with Gasteiger partial charge in [-0.2, -0.15) is 4.31 Å². The lowest BCUT2D eigenvalue weighted by atomic mass is 10.1. The van der Waals surface area contributed by atoms with Crippen LogP contribution in [-0.4, -0.2) is 39.4 Å². The number of rotatable bonds is 8. The number of aryl methyl sites for hydroxylation is 2. The van der Waals surface area contributed by atoms with Crippen LogP contribution >= 0.6 is 0 Å². The molecule has 0 amide bonds. The first kappa shape index (κ1) is 21.5. The van der Waals surface area contributed by atoms with Crippen LogP contribution in [0.4, 0.5) is 0 Å². The Morgan fingerprint density at radius 1 is 1.07 bits per heavy atom. The highest BCUT2D eigenvalue weighted by molar-refractivity contribution is 7.89. The predicted molar refractivity (Wildman–Crippen MR) is 101 cm³/mol. The van der Waals surface area contributed by atoms with Crippen molar-refractivity contribution >= 4 is 20.0 Å². The Labute approximate surface area is 160 Å². The lowest BCUT2D eigenvalue weighted by Crippen LogP contribution is -2.30. The smallest absolute Gasteiger partial charge is 0.246 e. The molecule has 1 aromatic carbocycles. The van der Waals surface area contributed by atoms with Crippen molar-refractivity contribution in [2.45, 2.75) is 50.5 Å². The summed E-state index contributed by atoms with van der Waals surface area (Å²) in [4.78, 5) is 0.200. The molecule has 0 unspecified atom stereocenters. The van der Waals surface area contributed by atoms with E-state index in [9.17, 15) is 16.8 Å². The van der Waals surface area contributed by atoms with E-state index in [1.165, 1.54) is 23.4 Å². The maximum atomic E-state index is 12.6. The molecule has 2 aromatic rings. The zero-order chi connectivity index (χ0) is 20.4. The minimum Gasteiger partial charge on any atom is -0.360 e. The van der Waals surface area contributed by atoms with E-state index in [0.717, 1.165) is 0 Å². The van der Waals surface area contributed by atoms with E-state index in [2.05, 4.69) is 9.88 Å². The Morgan fingerprint density at radius 2 is 1.63 bits per heavy atom. The first-order valence-corrected chi connectivity index (χ1v) is 11.5. The summed E-state index contributed by atoms with van der Waals surface area (Å²) in [6, 6.07) is 5.63. The van der Waals surface area contributed by atoms with Gasteiger partial charge < -0.3 is 4.52 Å². The summed E-state index contributed by atoms with van der Waals surface area (Å²) >= 11 is 0. The van der Waals surface area contributed by atoms with Crippen molar-refractivity contribution < 1.29 is 21.4 Å². The summed E-state index contributed by atoms with van der Waals surface area (Å²) in [6.07, 6.45) is 0. The first-order chi connectivity index (χ1) is 12.5. The average Bonchev–Trinajstić information content (AvgIpc) is 2.94. The first-order valence-electron chi connectivity index (χ1n) is 8.59. The maximum absolute atomic E-state index is 12.6. The number of sulfonamides is 2. The summed E-state index contributed by atoms with van der Waals surface area (Å²) in [5, 5.41) is 3.67. The molecule has 1 heterocycles. The molecule has 0 radical (unpaired) electrons. The normalized spacial score (nSPS) is 13.9. The molecule has 1 N–H and O–H groups in total. The fourth-order valence-corrected chi connectivity index (χ4v) is 5.88. The van der Waals surface area contributed by atoms with Crippen molar-refractivity contribution in [1.82, 2.24) is 14.2 Å². The van der Waals surface area contributed by atoms with Crippen molar-refractivity contribution in [2.75, 3.05) is 13.1 Å². The molecule has 0 saturated carbocycles. The Hall–Kier alpha value is -1.75. The molecule has 0 fully saturated rings. The zero-order valence-corrected chi connectivity index (χ0v) is 17.7. The number of aromatic nitrogens is 1. The topological polar surface area (TPSA) is 110 Å². The molecule has 1 aromatic heterocycles. The Kier molecular flexibility index (Phi) is 6.46. The second-order valence-corrected chi connectivity index (χ2v) is 9.74. The molecule has 2 rings (SSSR count). The molecule has 1 atom stereocenters.